The summed E-state index contributed by atoms with van der Waals surface area (Å²) >= 11 is 1.70. The summed E-state index contributed by atoms with van der Waals surface area (Å²) in [6, 6.07) is 10.3. The summed E-state index contributed by atoms with van der Waals surface area (Å²) in [5, 5.41) is 6.29. The maximum absolute atomic E-state index is 12.1. The van der Waals surface area contributed by atoms with Crippen LogP contribution < -0.4 is 5.32 Å². The summed E-state index contributed by atoms with van der Waals surface area (Å²) in [5.41, 5.74) is 2.37. The van der Waals surface area contributed by atoms with Gasteiger partial charge in [-0.05, 0) is 31.2 Å². The van der Waals surface area contributed by atoms with Crippen LogP contribution in [0.4, 0.5) is 0 Å². The largest absolute Gasteiger partial charge is 0.356 e. The first-order chi connectivity index (χ1) is 10.2. The highest BCUT2D eigenvalue weighted by molar-refractivity contribution is 7.09. The van der Waals surface area contributed by atoms with Crippen molar-refractivity contribution >= 4 is 17.2 Å². The molecule has 2 atom stereocenters. The number of aromatic nitrogens is 1. The molecular formula is C17H20N2OS. The number of benzene rings is 1. The number of amides is 1. The molecule has 0 aliphatic heterocycles. The molecule has 1 aliphatic rings. The van der Waals surface area contributed by atoms with Gasteiger partial charge in [0.1, 0.15) is 0 Å². The molecule has 1 N–H and O–H groups in total. The van der Waals surface area contributed by atoms with E-state index in [4.69, 9.17) is 0 Å². The second-order valence-electron chi connectivity index (χ2n) is 5.64. The molecule has 1 aliphatic carbocycles. The third-order valence-electron chi connectivity index (χ3n) is 3.89. The summed E-state index contributed by atoms with van der Waals surface area (Å²) in [4.78, 5) is 16.5. The van der Waals surface area contributed by atoms with Crippen LogP contribution in [-0.2, 0) is 11.2 Å². The number of nitrogens with zero attached hydrogens (tertiary/aromatic N) is 1. The Morgan fingerprint density at radius 1 is 1.38 bits per heavy atom. The minimum absolute atomic E-state index is 0.175. The van der Waals surface area contributed by atoms with Gasteiger partial charge in [-0.3, -0.25) is 4.79 Å². The molecule has 1 heterocycles. The van der Waals surface area contributed by atoms with Crippen LogP contribution >= 0.6 is 11.3 Å². The highest BCUT2D eigenvalue weighted by atomic mass is 32.1. The van der Waals surface area contributed by atoms with Gasteiger partial charge < -0.3 is 5.32 Å². The Morgan fingerprint density at radius 3 is 2.90 bits per heavy atom. The van der Waals surface area contributed by atoms with E-state index in [0.717, 1.165) is 36.5 Å². The summed E-state index contributed by atoms with van der Waals surface area (Å²) in [7, 11) is 0. The van der Waals surface area contributed by atoms with E-state index < -0.39 is 0 Å². The molecule has 1 amide bonds. The second-order valence-corrected chi connectivity index (χ2v) is 6.58. The van der Waals surface area contributed by atoms with Crippen LogP contribution in [0.3, 0.4) is 0 Å². The van der Waals surface area contributed by atoms with Crippen molar-refractivity contribution in [2.45, 2.75) is 32.1 Å². The van der Waals surface area contributed by atoms with Gasteiger partial charge in [-0.15, -0.1) is 11.3 Å². The lowest BCUT2D eigenvalue weighted by Crippen LogP contribution is -2.26. The van der Waals surface area contributed by atoms with Gasteiger partial charge in [0.25, 0.3) is 0 Å². The van der Waals surface area contributed by atoms with Crippen LogP contribution in [0.1, 0.15) is 35.0 Å². The van der Waals surface area contributed by atoms with Crippen LogP contribution in [0.5, 0.6) is 0 Å². The molecule has 1 saturated carbocycles. The standard InChI is InChI=1S/C17H20N2OS/c1-12-11-21-16(19-12)8-5-9-18-17(20)15-10-14(15)13-6-3-2-4-7-13/h2-4,6-7,11,14-15H,5,8-10H2,1H3,(H,18,20)/t14-,15+/m0/s1. The number of rotatable bonds is 6. The fourth-order valence-electron chi connectivity index (χ4n) is 2.65. The Labute approximate surface area is 129 Å². The van der Waals surface area contributed by atoms with E-state index in [1.807, 2.05) is 25.1 Å². The maximum atomic E-state index is 12.1. The van der Waals surface area contributed by atoms with Gasteiger partial charge in [-0.2, -0.15) is 0 Å². The van der Waals surface area contributed by atoms with Crippen molar-refractivity contribution in [1.29, 1.82) is 0 Å². The zero-order valence-electron chi connectivity index (χ0n) is 12.2. The third kappa shape index (κ3) is 3.70. The van der Waals surface area contributed by atoms with Crippen molar-refractivity contribution in [1.82, 2.24) is 10.3 Å². The second kappa shape index (κ2) is 6.39. The van der Waals surface area contributed by atoms with Gasteiger partial charge >= 0.3 is 0 Å². The lowest BCUT2D eigenvalue weighted by Gasteiger charge is -2.04. The number of hydrogen-bond donors (Lipinski definition) is 1. The first-order valence-electron chi connectivity index (χ1n) is 7.47. The molecule has 1 aromatic carbocycles. The lowest BCUT2D eigenvalue weighted by molar-refractivity contribution is -0.122. The topological polar surface area (TPSA) is 42.0 Å². The number of carbonyl (C=O) groups excluding carboxylic acids is 1. The molecule has 0 unspecified atom stereocenters. The minimum atomic E-state index is 0.175. The van der Waals surface area contributed by atoms with E-state index in [0.29, 0.717) is 5.92 Å². The Balaban J connectivity index is 1.38. The van der Waals surface area contributed by atoms with E-state index in [9.17, 15) is 4.79 Å². The molecule has 1 aromatic heterocycles. The monoisotopic (exact) mass is 300 g/mol. The summed E-state index contributed by atoms with van der Waals surface area (Å²) in [5.74, 6) is 0.807. The molecule has 4 heteroatoms. The lowest BCUT2D eigenvalue weighted by atomic mass is 10.1. The van der Waals surface area contributed by atoms with Gasteiger partial charge in [-0.25, -0.2) is 4.98 Å². The first-order valence-corrected chi connectivity index (χ1v) is 8.35. The average molecular weight is 300 g/mol. The van der Waals surface area contributed by atoms with Crippen LogP contribution in [0.15, 0.2) is 35.7 Å². The van der Waals surface area contributed by atoms with Crippen molar-refractivity contribution in [3.05, 3.63) is 52.0 Å². The van der Waals surface area contributed by atoms with Crippen molar-refractivity contribution in [2.24, 2.45) is 5.92 Å². The number of carbonyl (C=O) groups is 1. The van der Waals surface area contributed by atoms with Crippen LogP contribution in [-0.4, -0.2) is 17.4 Å². The molecular weight excluding hydrogens is 280 g/mol. The third-order valence-corrected chi connectivity index (χ3v) is 4.91. The summed E-state index contributed by atoms with van der Waals surface area (Å²) in [6.45, 7) is 2.76. The SMILES string of the molecule is Cc1csc(CCCNC(=O)[C@@H]2C[C@H]2c2ccccc2)n1. The predicted molar refractivity (Wildman–Crippen MR) is 85.5 cm³/mol. The van der Waals surface area contributed by atoms with Crippen LogP contribution in [0.2, 0.25) is 0 Å². The number of hydrogen-bond acceptors (Lipinski definition) is 3. The van der Waals surface area contributed by atoms with Gasteiger partial charge in [0.05, 0.1) is 5.01 Å². The van der Waals surface area contributed by atoms with Crippen LogP contribution in [0.25, 0.3) is 0 Å². The van der Waals surface area contributed by atoms with Crippen molar-refractivity contribution in [2.75, 3.05) is 6.54 Å². The zero-order valence-corrected chi connectivity index (χ0v) is 13.0. The molecule has 0 spiro atoms. The molecule has 1 fully saturated rings. The molecule has 3 rings (SSSR count). The van der Waals surface area contributed by atoms with E-state index in [1.165, 1.54) is 5.56 Å². The number of thiazole rings is 1. The summed E-state index contributed by atoms with van der Waals surface area (Å²) in [6.07, 6.45) is 2.90. The molecule has 0 saturated heterocycles. The first kappa shape index (κ1) is 14.3. The van der Waals surface area contributed by atoms with E-state index in [2.05, 4.69) is 27.8 Å². The van der Waals surface area contributed by atoms with Gasteiger partial charge in [0.2, 0.25) is 5.91 Å². The molecule has 3 nitrogen and oxygen atoms in total. The molecule has 0 bridgehead atoms. The molecule has 0 radical (unpaired) electrons. The Kier molecular flexibility index (Phi) is 4.34. The summed E-state index contributed by atoms with van der Waals surface area (Å²) < 4.78 is 0. The number of nitrogens with one attached hydrogen (secondary N) is 1. The Morgan fingerprint density at radius 2 is 2.19 bits per heavy atom. The quantitative estimate of drug-likeness (QED) is 0.832. The fourth-order valence-corrected chi connectivity index (χ4v) is 3.47. The predicted octanol–water partition coefficient (Wildman–Crippen LogP) is 3.30. The normalized spacial score (nSPS) is 20.2. The molecule has 2 aromatic rings. The zero-order chi connectivity index (χ0) is 14.7. The highest BCUT2D eigenvalue weighted by Gasteiger charge is 2.43. The Hall–Kier alpha value is -1.68. The van der Waals surface area contributed by atoms with Crippen molar-refractivity contribution in [3.63, 3.8) is 0 Å². The fraction of sp³-hybridized carbons (Fsp3) is 0.412. The molecule has 21 heavy (non-hydrogen) atoms. The van der Waals surface area contributed by atoms with E-state index >= 15 is 0 Å². The van der Waals surface area contributed by atoms with E-state index in [-0.39, 0.29) is 11.8 Å². The average Bonchev–Trinajstić information content (AvgIpc) is 3.21. The molecule has 110 valence electrons. The maximum Gasteiger partial charge on any atom is 0.223 e. The minimum Gasteiger partial charge on any atom is -0.356 e. The van der Waals surface area contributed by atoms with Gasteiger partial charge in [0.15, 0.2) is 0 Å². The van der Waals surface area contributed by atoms with Crippen molar-refractivity contribution in [3.8, 4) is 0 Å². The number of aryl methyl sites for hydroxylation is 2. The highest BCUT2D eigenvalue weighted by Crippen LogP contribution is 2.47. The van der Waals surface area contributed by atoms with E-state index in [1.54, 1.807) is 11.3 Å². The smallest absolute Gasteiger partial charge is 0.223 e. The van der Waals surface area contributed by atoms with Gasteiger partial charge in [0, 0.05) is 30.0 Å². The van der Waals surface area contributed by atoms with Crippen LogP contribution in [0, 0.1) is 12.8 Å². The van der Waals surface area contributed by atoms with Crippen molar-refractivity contribution < 1.29 is 4.79 Å². The van der Waals surface area contributed by atoms with Gasteiger partial charge in [-0.1, -0.05) is 30.3 Å². The Bertz CT molecular complexity index is 608.